The number of benzene rings is 1. The Morgan fingerprint density at radius 1 is 1.42 bits per heavy atom. The number of carboxylic acids is 1. The fraction of sp³-hybridized carbons (Fsp3) is 0.250. The van der Waals surface area contributed by atoms with Gasteiger partial charge in [-0.3, -0.25) is 10.1 Å². The minimum Gasteiger partial charge on any atom is -0.478 e. The van der Waals surface area contributed by atoms with Crippen molar-refractivity contribution in [3.05, 3.63) is 35.1 Å². The van der Waals surface area contributed by atoms with Crippen molar-refractivity contribution in [3.8, 4) is 0 Å². The van der Waals surface area contributed by atoms with Crippen molar-refractivity contribution in [2.75, 3.05) is 0 Å². The number of carbonyl (C=O) groups is 3. The van der Waals surface area contributed by atoms with Crippen LogP contribution in [0, 0.1) is 5.82 Å². The second-order valence-corrected chi connectivity index (χ2v) is 4.17. The fourth-order valence-electron chi connectivity index (χ4n) is 2.10. The van der Waals surface area contributed by atoms with Crippen LogP contribution >= 0.6 is 0 Å². The first-order chi connectivity index (χ1) is 8.90. The zero-order chi connectivity index (χ0) is 14.2. The van der Waals surface area contributed by atoms with E-state index in [1.165, 1.54) is 6.07 Å². The van der Waals surface area contributed by atoms with E-state index in [0.717, 1.165) is 12.1 Å². The number of rotatable bonds is 3. The van der Waals surface area contributed by atoms with E-state index in [0.29, 0.717) is 0 Å². The van der Waals surface area contributed by atoms with Gasteiger partial charge in [-0.2, -0.15) is 0 Å². The number of imide groups is 1. The van der Waals surface area contributed by atoms with Gasteiger partial charge in [-0.25, -0.2) is 14.0 Å². The molecule has 6 nitrogen and oxygen atoms in total. The minimum absolute atomic E-state index is 0.209. The molecule has 1 heterocycles. The summed E-state index contributed by atoms with van der Waals surface area (Å²) in [6.07, 6.45) is 0.219. The summed E-state index contributed by atoms with van der Waals surface area (Å²) in [6, 6.07) is 2.69. The zero-order valence-corrected chi connectivity index (χ0v) is 9.99. The third-order valence-corrected chi connectivity index (χ3v) is 3.16. The van der Waals surface area contributed by atoms with Crippen LogP contribution in [-0.2, 0) is 10.3 Å². The monoisotopic (exact) mass is 266 g/mol. The largest absolute Gasteiger partial charge is 0.478 e. The number of halogens is 1. The molecular formula is C12H11FN2O4. The lowest BCUT2D eigenvalue weighted by Crippen LogP contribution is -2.43. The summed E-state index contributed by atoms with van der Waals surface area (Å²) in [7, 11) is 0. The first-order valence-corrected chi connectivity index (χ1v) is 5.57. The lowest BCUT2D eigenvalue weighted by Gasteiger charge is -2.25. The van der Waals surface area contributed by atoms with Crippen molar-refractivity contribution in [2.24, 2.45) is 0 Å². The lowest BCUT2D eigenvalue weighted by molar-refractivity contribution is -0.124. The maximum atomic E-state index is 13.7. The third kappa shape index (κ3) is 1.92. The molecule has 1 saturated heterocycles. The second kappa shape index (κ2) is 4.34. The van der Waals surface area contributed by atoms with Crippen molar-refractivity contribution in [2.45, 2.75) is 18.9 Å². The summed E-state index contributed by atoms with van der Waals surface area (Å²) in [4.78, 5) is 33.8. The zero-order valence-electron chi connectivity index (χ0n) is 9.99. The van der Waals surface area contributed by atoms with Crippen LogP contribution in [-0.4, -0.2) is 23.0 Å². The molecule has 19 heavy (non-hydrogen) atoms. The Bertz CT molecular complexity index is 587. The summed E-state index contributed by atoms with van der Waals surface area (Å²) in [5.41, 5.74) is -1.63. The molecule has 1 aliphatic rings. The first-order valence-electron chi connectivity index (χ1n) is 5.57. The van der Waals surface area contributed by atoms with E-state index >= 15 is 0 Å². The number of hydrogen-bond donors (Lipinski definition) is 3. The van der Waals surface area contributed by atoms with Crippen LogP contribution in [0.4, 0.5) is 9.18 Å². The molecule has 0 aromatic heterocycles. The van der Waals surface area contributed by atoms with Gasteiger partial charge in [-0.05, 0) is 24.1 Å². The molecule has 7 heteroatoms. The van der Waals surface area contributed by atoms with Crippen LogP contribution < -0.4 is 10.6 Å². The van der Waals surface area contributed by atoms with Gasteiger partial charge in [0.25, 0.3) is 5.91 Å². The molecule has 0 spiro atoms. The standard InChI is InChI=1S/C12H11FN2O4/c1-2-12(10(18)14-11(19)15-12)6-3-4-7(9(16)17)8(13)5-6/h3-5H,2H2,1H3,(H,16,17)(H2,14,15,18,19). The molecule has 0 aliphatic carbocycles. The number of amides is 3. The molecule has 3 amide bonds. The quantitative estimate of drug-likeness (QED) is 0.710. The smallest absolute Gasteiger partial charge is 0.338 e. The predicted octanol–water partition coefficient (Wildman–Crippen LogP) is 0.969. The molecule has 0 bridgehead atoms. The average molecular weight is 266 g/mol. The topological polar surface area (TPSA) is 95.5 Å². The molecule has 2 rings (SSSR count). The maximum Gasteiger partial charge on any atom is 0.338 e. The molecule has 1 atom stereocenters. The first kappa shape index (κ1) is 13.0. The van der Waals surface area contributed by atoms with Crippen molar-refractivity contribution >= 4 is 17.9 Å². The van der Waals surface area contributed by atoms with Crippen molar-refractivity contribution < 1.29 is 23.9 Å². The van der Waals surface area contributed by atoms with E-state index in [9.17, 15) is 18.8 Å². The Labute approximate surface area is 107 Å². The highest BCUT2D eigenvalue weighted by atomic mass is 19.1. The van der Waals surface area contributed by atoms with E-state index in [1.807, 2.05) is 0 Å². The molecule has 0 saturated carbocycles. The second-order valence-electron chi connectivity index (χ2n) is 4.17. The van der Waals surface area contributed by atoms with Gasteiger partial charge in [0.05, 0.1) is 5.56 Å². The summed E-state index contributed by atoms with van der Waals surface area (Å²) in [5.74, 6) is -2.93. The molecule has 1 fully saturated rings. The summed E-state index contributed by atoms with van der Waals surface area (Å²) >= 11 is 0. The van der Waals surface area contributed by atoms with Crippen LogP contribution in [0.15, 0.2) is 18.2 Å². The van der Waals surface area contributed by atoms with Gasteiger partial charge < -0.3 is 10.4 Å². The molecule has 1 aromatic carbocycles. The summed E-state index contributed by atoms with van der Waals surface area (Å²) in [5, 5.41) is 13.3. The van der Waals surface area contributed by atoms with Crippen molar-refractivity contribution in [1.82, 2.24) is 10.6 Å². The molecule has 100 valence electrons. The highest BCUT2D eigenvalue weighted by molar-refractivity contribution is 6.07. The highest BCUT2D eigenvalue weighted by Crippen LogP contribution is 2.29. The summed E-state index contributed by atoms with van der Waals surface area (Å²) in [6.45, 7) is 1.66. The van der Waals surface area contributed by atoms with Crippen LogP contribution in [0.2, 0.25) is 0 Å². The third-order valence-electron chi connectivity index (χ3n) is 3.16. The van der Waals surface area contributed by atoms with E-state index < -0.39 is 34.8 Å². The van der Waals surface area contributed by atoms with Gasteiger partial charge in [-0.15, -0.1) is 0 Å². The Balaban J connectivity index is 2.51. The van der Waals surface area contributed by atoms with Gasteiger partial charge in [0.1, 0.15) is 11.4 Å². The van der Waals surface area contributed by atoms with E-state index in [1.54, 1.807) is 6.92 Å². The van der Waals surface area contributed by atoms with Gasteiger partial charge in [0, 0.05) is 0 Å². The van der Waals surface area contributed by atoms with E-state index in [4.69, 9.17) is 5.11 Å². The highest BCUT2D eigenvalue weighted by Gasteiger charge is 2.46. The van der Waals surface area contributed by atoms with E-state index in [2.05, 4.69) is 10.6 Å². The SMILES string of the molecule is CCC1(c2ccc(C(=O)O)c(F)c2)NC(=O)NC1=O. The minimum atomic E-state index is -1.39. The van der Waals surface area contributed by atoms with Crippen LogP contribution in [0.1, 0.15) is 29.3 Å². The van der Waals surface area contributed by atoms with Gasteiger partial charge in [0.2, 0.25) is 0 Å². The number of hydrogen-bond acceptors (Lipinski definition) is 3. The van der Waals surface area contributed by atoms with Gasteiger partial charge >= 0.3 is 12.0 Å². The van der Waals surface area contributed by atoms with Crippen LogP contribution in [0.25, 0.3) is 0 Å². The van der Waals surface area contributed by atoms with Gasteiger partial charge in [0.15, 0.2) is 0 Å². The number of nitrogens with one attached hydrogen (secondary N) is 2. The molecule has 3 N–H and O–H groups in total. The molecular weight excluding hydrogens is 255 g/mol. The maximum absolute atomic E-state index is 13.7. The fourth-order valence-corrected chi connectivity index (χ4v) is 2.10. The Kier molecular flexibility index (Phi) is 2.97. The molecule has 1 aromatic rings. The Hall–Kier alpha value is -2.44. The van der Waals surface area contributed by atoms with Crippen LogP contribution in [0.3, 0.4) is 0 Å². The molecule has 0 radical (unpaired) electrons. The average Bonchev–Trinajstić information content (AvgIpc) is 2.64. The normalized spacial score (nSPS) is 22.0. The van der Waals surface area contributed by atoms with Crippen molar-refractivity contribution in [3.63, 3.8) is 0 Å². The Morgan fingerprint density at radius 2 is 2.11 bits per heavy atom. The molecule has 1 unspecified atom stereocenters. The van der Waals surface area contributed by atoms with Gasteiger partial charge in [-0.1, -0.05) is 13.0 Å². The van der Waals surface area contributed by atoms with Crippen molar-refractivity contribution in [1.29, 1.82) is 0 Å². The number of carboxylic acid groups (broad SMARTS) is 1. The predicted molar refractivity (Wildman–Crippen MR) is 62.0 cm³/mol. The Morgan fingerprint density at radius 3 is 2.53 bits per heavy atom. The summed E-state index contributed by atoms with van der Waals surface area (Å²) < 4.78 is 13.7. The van der Waals surface area contributed by atoms with E-state index in [-0.39, 0.29) is 12.0 Å². The number of urea groups is 1. The number of carbonyl (C=O) groups excluding carboxylic acids is 2. The number of aromatic carboxylic acids is 1. The lowest BCUT2D eigenvalue weighted by atomic mass is 9.87. The molecule has 1 aliphatic heterocycles. The van der Waals surface area contributed by atoms with Crippen LogP contribution in [0.5, 0.6) is 0 Å².